The number of nitrogens with zero attached hydrogens (tertiary/aromatic N) is 2. The Morgan fingerprint density at radius 3 is 2.71 bits per heavy atom. The molecule has 2 fully saturated rings. The van der Waals surface area contributed by atoms with Crippen LogP contribution < -0.4 is 5.48 Å². The lowest BCUT2D eigenvalue weighted by molar-refractivity contribution is -0.200. The summed E-state index contributed by atoms with van der Waals surface area (Å²) in [5.74, 6) is -0.926. The first-order valence-corrected chi connectivity index (χ1v) is 14.8. The molecule has 2 aliphatic heterocycles. The Labute approximate surface area is 217 Å². The molecule has 0 saturated carbocycles. The van der Waals surface area contributed by atoms with E-state index in [0.717, 1.165) is 22.2 Å². The summed E-state index contributed by atoms with van der Waals surface area (Å²) in [6, 6.07) is 7.04. The fourth-order valence-electron chi connectivity index (χ4n) is 4.40. The Morgan fingerprint density at radius 1 is 1.23 bits per heavy atom. The topological polar surface area (TPSA) is 115 Å². The van der Waals surface area contributed by atoms with Gasteiger partial charge in [-0.25, -0.2) is 18.7 Å². The van der Waals surface area contributed by atoms with Crippen LogP contribution in [0.5, 0.6) is 0 Å². The standard InChI is InChI=1S/C23H28BrN3O6S2/c24-19-5-4-18(34-19)23(16-20(28)26-33-22-3-1-2-13-32-22)8-11-27(12-14-35(23,30)31)21(29)15-17-6-9-25-10-7-17/h4-7,9-10,22H,1-3,8,11-16H2,(H,26,28). The van der Waals surface area contributed by atoms with Gasteiger partial charge in [0.2, 0.25) is 11.8 Å². The van der Waals surface area contributed by atoms with Gasteiger partial charge in [0.15, 0.2) is 16.1 Å². The van der Waals surface area contributed by atoms with Crippen LogP contribution in [0.15, 0.2) is 40.4 Å². The first-order chi connectivity index (χ1) is 16.8. The minimum absolute atomic E-state index is 0.0780. The number of sulfone groups is 1. The van der Waals surface area contributed by atoms with Crippen molar-refractivity contribution in [1.29, 1.82) is 0 Å². The number of halogens is 1. The van der Waals surface area contributed by atoms with Crippen molar-refractivity contribution in [1.82, 2.24) is 15.4 Å². The van der Waals surface area contributed by atoms with Crippen LogP contribution in [-0.4, -0.2) is 61.9 Å². The van der Waals surface area contributed by atoms with Gasteiger partial charge in [0.05, 0.1) is 22.4 Å². The number of amides is 2. The summed E-state index contributed by atoms with van der Waals surface area (Å²) in [7, 11) is -3.80. The largest absolute Gasteiger partial charge is 0.350 e. The average Bonchev–Trinajstić information content (AvgIpc) is 3.24. The number of carbonyl (C=O) groups is 2. The molecule has 0 aliphatic carbocycles. The van der Waals surface area contributed by atoms with Crippen LogP contribution in [0.25, 0.3) is 0 Å². The van der Waals surface area contributed by atoms with Gasteiger partial charge in [0.1, 0.15) is 4.75 Å². The smallest absolute Gasteiger partial charge is 0.245 e. The fraction of sp³-hybridized carbons (Fsp3) is 0.522. The number of pyridine rings is 1. The van der Waals surface area contributed by atoms with Crippen LogP contribution >= 0.6 is 27.3 Å². The lowest BCUT2D eigenvalue weighted by Crippen LogP contribution is -2.43. The van der Waals surface area contributed by atoms with Gasteiger partial charge < -0.3 is 9.64 Å². The van der Waals surface area contributed by atoms with Crippen molar-refractivity contribution in [2.24, 2.45) is 0 Å². The lowest BCUT2D eigenvalue weighted by atomic mass is 9.97. The van der Waals surface area contributed by atoms with E-state index in [4.69, 9.17) is 9.57 Å². The van der Waals surface area contributed by atoms with Gasteiger partial charge in [0, 0.05) is 43.4 Å². The highest BCUT2D eigenvalue weighted by Crippen LogP contribution is 2.44. The van der Waals surface area contributed by atoms with Crippen LogP contribution in [0.2, 0.25) is 0 Å². The molecule has 1 N–H and O–H groups in total. The predicted molar refractivity (Wildman–Crippen MR) is 134 cm³/mol. The molecule has 2 atom stereocenters. The number of rotatable bonds is 7. The van der Waals surface area contributed by atoms with E-state index in [1.54, 1.807) is 41.6 Å². The van der Waals surface area contributed by atoms with Gasteiger partial charge in [-0.05, 0) is 65.0 Å². The molecule has 2 amide bonds. The molecule has 2 unspecified atom stereocenters. The van der Waals surface area contributed by atoms with E-state index in [-0.39, 0.29) is 44.0 Å². The lowest BCUT2D eigenvalue weighted by Gasteiger charge is -2.31. The van der Waals surface area contributed by atoms with Gasteiger partial charge in [-0.3, -0.25) is 14.6 Å². The Bertz CT molecular complexity index is 1140. The highest BCUT2D eigenvalue weighted by atomic mass is 79.9. The van der Waals surface area contributed by atoms with Gasteiger partial charge >= 0.3 is 0 Å². The first-order valence-electron chi connectivity index (χ1n) is 11.5. The normalized spacial score (nSPS) is 24.5. The van der Waals surface area contributed by atoms with Crippen molar-refractivity contribution in [2.75, 3.05) is 25.4 Å². The van der Waals surface area contributed by atoms with Crippen molar-refractivity contribution in [2.45, 2.75) is 49.6 Å². The molecule has 12 heteroatoms. The summed E-state index contributed by atoms with van der Waals surface area (Å²) < 4.78 is 32.2. The number of nitrogens with one attached hydrogen (secondary N) is 1. The van der Waals surface area contributed by atoms with Crippen LogP contribution in [0.3, 0.4) is 0 Å². The third-order valence-corrected chi connectivity index (χ3v) is 10.8. The monoisotopic (exact) mass is 585 g/mol. The van der Waals surface area contributed by atoms with Gasteiger partial charge in [-0.2, -0.15) is 0 Å². The summed E-state index contributed by atoms with van der Waals surface area (Å²) in [4.78, 5) is 37.4. The molecule has 4 rings (SSSR count). The van der Waals surface area contributed by atoms with E-state index in [1.165, 1.54) is 11.3 Å². The summed E-state index contributed by atoms with van der Waals surface area (Å²) in [5.41, 5.74) is 3.22. The summed E-state index contributed by atoms with van der Waals surface area (Å²) in [6.45, 7) is 0.860. The third-order valence-electron chi connectivity index (χ3n) is 6.38. The Balaban J connectivity index is 1.53. The maximum Gasteiger partial charge on any atom is 0.245 e. The number of aromatic nitrogens is 1. The molecule has 2 aliphatic rings. The molecule has 0 aromatic carbocycles. The first kappa shape index (κ1) is 26.2. The number of hydrogen-bond acceptors (Lipinski definition) is 8. The zero-order chi connectivity index (χ0) is 24.9. The molecule has 0 bridgehead atoms. The number of thiophene rings is 1. The second-order valence-electron chi connectivity index (χ2n) is 8.70. The highest BCUT2D eigenvalue weighted by molar-refractivity contribution is 9.11. The van der Waals surface area contributed by atoms with E-state index in [1.807, 2.05) is 0 Å². The fourth-order valence-corrected chi connectivity index (χ4v) is 8.38. The number of hydrogen-bond donors (Lipinski definition) is 1. The Kier molecular flexibility index (Phi) is 8.59. The molecular weight excluding hydrogens is 558 g/mol. The molecule has 2 aromatic rings. The van der Waals surface area contributed by atoms with Crippen LogP contribution in [-0.2, 0) is 40.2 Å². The SMILES string of the molecule is O=C(CC1(c2ccc(Br)s2)CCN(C(=O)Cc2ccncc2)CCS1(=O)=O)NOC1CCCCO1. The van der Waals surface area contributed by atoms with Gasteiger partial charge in [0.25, 0.3) is 0 Å². The number of hydroxylamine groups is 1. The Morgan fingerprint density at radius 2 is 2.03 bits per heavy atom. The third kappa shape index (κ3) is 6.29. The van der Waals surface area contributed by atoms with Gasteiger partial charge in [-0.1, -0.05) is 0 Å². The number of carbonyl (C=O) groups excluding carboxylic acids is 2. The van der Waals surface area contributed by atoms with E-state index >= 15 is 0 Å². The van der Waals surface area contributed by atoms with E-state index in [9.17, 15) is 18.0 Å². The summed E-state index contributed by atoms with van der Waals surface area (Å²) in [5, 5.41) is 0. The zero-order valence-electron chi connectivity index (χ0n) is 19.2. The van der Waals surface area contributed by atoms with Crippen LogP contribution in [0.4, 0.5) is 0 Å². The van der Waals surface area contributed by atoms with Crippen molar-refractivity contribution in [3.63, 3.8) is 0 Å². The quantitative estimate of drug-likeness (QED) is 0.497. The molecule has 0 spiro atoms. The van der Waals surface area contributed by atoms with Crippen LogP contribution in [0.1, 0.15) is 42.5 Å². The molecule has 2 aromatic heterocycles. The molecule has 35 heavy (non-hydrogen) atoms. The maximum absolute atomic E-state index is 13.7. The Hall–Kier alpha value is -1.86. The second-order valence-corrected chi connectivity index (χ2v) is 13.6. The van der Waals surface area contributed by atoms with Crippen LogP contribution in [0, 0.1) is 0 Å². The predicted octanol–water partition coefficient (Wildman–Crippen LogP) is 2.96. The highest BCUT2D eigenvalue weighted by Gasteiger charge is 2.50. The van der Waals surface area contributed by atoms with Crippen molar-refractivity contribution < 1.29 is 27.6 Å². The summed E-state index contributed by atoms with van der Waals surface area (Å²) >= 11 is 4.70. The molecule has 190 valence electrons. The number of ether oxygens (including phenoxy) is 1. The van der Waals surface area contributed by atoms with Crippen molar-refractivity contribution >= 4 is 48.9 Å². The van der Waals surface area contributed by atoms with E-state index in [2.05, 4.69) is 26.4 Å². The van der Waals surface area contributed by atoms with Crippen molar-refractivity contribution in [3.05, 3.63) is 50.9 Å². The van der Waals surface area contributed by atoms with E-state index in [0.29, 0.717) is 17.9 Å². The zero-order valence-corrected chi connectivity index (χ0v) is 22.4. The average molecular weight is 587 g/mol. The maximum atomic E-state index is 13.7. The molecule has 4 heterocycles. The molecular formula is C23H28BrN3O6S2. The second kappa shape index (κ2) is 11.5. The van der Waals surface area contributed by atoms with E-state index < -0.39 is 26.8 Å². The molecule has 0 radical (unpaired) electrons. The molecule has 2 saturated heterocycles. The molecule has 9 nitrogen and oxygen atoms in total. The summed E-state index contributed by atoms with van der Waals surface area (Å²) in [6.07, 6.45) is 5.21. The van der Waals surface area contributed by atoms with Gasteiger partial charge in [-0.15, -0.1) is 11.3 Å². The minimum atomic E-state index is -3.80. The van der Waals surface area contributed by atoms with Crippen molar-refractivity contribution in [3.8, 4) is 0 Å². The minimum Gasteiger partial charge on any atom is -0.350 e.